The lowest BCUT2D eigenvalue weighted by Gasteiger charge is -2.28. The molecule has 2 aliphatic rings. The Morgan fingerprint density at radius 3 is 2.77 bits per heavy atom. The summed E-state index contributed by atoms with van der Waals surface area (Å²) in [4.78, 5) is 39.6. The molecular weight excluding hydrogens is 338 g/mol. The molecule has 0 amide bonds. The molecule has 0 saturated heterocycles. The number of cyclic esters (lactones) is 1. The molecule has 2 N–H and O–H groups in total. The van der Waals surface area contributed by atoms with Gasteiger partial charge in [0.05, 0.1) is 29.9 Å². The van der Waals surface area contributed by atoms with Gasteiger partial charge >= 0.3 is 11.7 Å². The SMILES string of the molecule is CCn1c2c(c(=O)[nH]c1=O)[C@@H](c1ccccc1OC)C1=C(COC1=O)N2. The van der Waals surface area contributed by atoms with Crippen molar-refractivity contribution in [2.24, 2.45) is 0 Å². The molecule has 0 unspecified atom stereocenters. The summed E-state index contributed by atoms with van der Waals surface area (Å²) < 4.78 is 12.1. The molecule has 8 nitrogen and oxygen atoms in total. The largest absolute Gasteiger partial charge is 0.496 e. The highest BCUT2D eigenvalue weighted by molar-refractivity contribution is 5.97. The van der Waals surface area contributed by atoms with Crippen LogP contribution in [0.15, 0.2) is 45.1 Å². The number of fused-ring (bicyclic) bond motifs is 1. The molecule has 1 aromatic carbocycles. The first-order valence-electron chi connectivity index (χ1n) is 8.24. The van der Waals surface area contributed by atoms with E-state index in [1.54, 1.807) is 19.1 Å². The number of nitrogens with zero attached hydrogens (tertiary/aromatic N) is 1. The number of nitrogens with one attached hydrogen (secondary N) is 2. The number of ether oxygens (including phenoxy) is 2. The van der Waals surface area contributed by atoms with Gasteiger partial charge in [0.1, 0.15) is 18.2 Å². The van der Waals surface area contributed by atoms with Crippen LogP contribution in [0.25, 0.3) is 0 Å². The number of para-hydroxylation sites is 1. The summed E-state index contributed by atoms with van der Waals surface area (Å²) in [5.74, 6) is -0.239. The molecule has 2 aromatic rings. The maximum absolute atomic E-state index is 12.7. The minimum Gasteiger partial charge on any atom is -0.496 e. The Morgan fingerprint density at radius 1 is 1.27 bits per heavy atom. The smallest absolute Gasteiger partial charge is 0.337 e. The first-order chi connectivity index (χ1) is 12.6. The summed E-state index contributed by atoms with van der Waals surface area (Å²) in [7, 11) is 1.53. The van der Waals surface area contributed by atoms with Gasteiger partial charge in [-0.2, -0.15) is 0 Å². The lowest BCUT2D eigenvalue weighted by atomic mass is 9.82. The number of H-pyrrole nitrogens is 1. The minimum atomic E-state index is -0.686. The van der Waals surface area contributed by atoms with Crippen LogP contribution in [0, 0.1) is 0 Å². The zero-order chi connectivity index (χ0) is 18.4. The van der Waals surface area contributed by atoms with E-state index in [1.807, 2.05) is 12.1 Å². The van der Waals surface area contributed by atoms with Gasteiger partial charge in [0.25, 0.3) is 5.56 Å². The van der Waals surface area contributed by atoms with E-state index < -0.39 is 23.1 Å². The zero-order valence-electron chi connectivity index (χ0n) is 14.3. The van der Waals surface area contributed by atoms with Crippen molar-refractivity contribution in [2.75, 3.05) is 19.0 Å². The van der Waals surface area contributed by atoms with Crippen LogP contribution in [-0.4, -0.2) is 29.2 Å². The average Bonchev–Trinajstić information content (AvgIpc) is 3.01. The van der Waals surface area contributed by atoms with E-state index in [4.69, 9.17) is 9.47 Å². The molecule has 26 heavy (non-hydrogen) atoms. The van der Waals surface area contributed by atoms with Gasteiger partial charge in [-0.1, -0.05) is 18.2 Å². The number of rotatable bonds is 3. The topological polar surface area (TPSA) is 102 Å². The van der Waals surface area contributed by atoms with Gasteiger partial charge in [-0.15, -0.1) is 0 Å². The highest BCUT2D eigenvalue weighted by Gasteiger charge is 2.42. The molecule has 0 spiro atoms. The van der Waals surface area contributed by atoms with E-state index in [2.05, 4.69) is 10.3 Å². The average molecular weight is 355 g/mol. The van der Waals surface area contributed by atoms with Crippen LogP contribution in [0.3, 0.4) is 0 Å². The van der Waals surface area contributed by atoms with Crippen LogP contribution in [0.1, 0.15) is 24.0 Å². The summed E-state index contributed by atoms with van der Waals surface area (Å²) >= 11 is 0. The number of carbonyl (C=O) groups is 1. The van der Waals surface area contributed by atoms with Gasteiger partial charge in [-0.25, -0.2) is 9.59 Å². The molecule has 1 atom stereocenters. The first-order valence-corrected chi connectivity index (χ1v) is 8.24. The number of anilines is 1. The van der Waals surface area contributed by atoms with E-state index in [-0.39, 0.29) is 6.61 Å². The molecule has 3 heterocycles. The van der Waals surface area contributed by atoms with Crippen LogP contribution < -0.4 is 21.3 Å². The predicted octanol–water partition coefficient (Wildman–Crippen LogP) is 0.933. The van der Waals surface area contributed by atoms with Crippen LogP contribution in [0.2, 0.25) is 0 Å². The van der Waals surface area contributed by atoms with E-state index in [0.717, 1.165) is 0 Å². The van der Waals surface area contributed by atoms with Crippen molar-refractivity contribution >= 4 is 11.8 Å². The third-order valence-electron chi connectivity index (χ3n) is 4.74. The second-order valence-corrected chi connectivity index (χ2v) is 6.03. The zero-order valence-corrected chi connectivity index (χ0v) is 14.3. The standard InChI is InChI=1S/C18H17N3O5/c1-3-21-15-14(16(22)20-18(21)24)12(9-6-4-5-7-11(9)25-2)13-10(19-15)8-26-17(13)23/h4-7,12,19H,3,8H2,1-2H3,(H,20,22,24)/t12-/m0/s1. The summed E-state index contributed by atoms with van der Waals surface area (Å²) in [6.07, 6.45) is 0. The monoisotopic (exact) mass is 355 g/mol. The summed E-state index contributed by atoms with van der Waals surface area (Å²) in [5.41, 5.74) is 0.852. The lowest BCUT2D eigenvalue weighted by Crippen LogP contribution is -2.38. The Labute approximate surface area is 148 Å². The van der Waals surface area contributed by atoms with Crippen molar-refractivity contribution in [3.63, 3.8) is 0 Å². The fourth-order valence-electron chi connectivity index (χ4n) is 3.61. The predicted molar refractivity (Wildman–Crippen MR) is 93.4 cm³/mol. The molecule has 0 saturated carbocycles. The molecular formula is C18H17N3O5. The number of hydrogen-bond acceptors (Lipinski definition) is 6. The molecule has 2 aliphatic heterocycles. The molecule has 0 fully saturated rings. The maximum Gasteiger partial charge on any atom is 0.337 e. The summed E-state index contributed by atoms with van der Waals surface area (Å²) in [6, 6.07) is 7.19. The quantitative estimate of drug-likeness (QED) is 0.794. The Kier molecular flexibility index (Phi) is 3.68. The fraction of sp³-hybridized carbons (Fsp3) is 0.278. The van der Waals surface area contributed by atoms with Gasteiger partial charge in [0.15, 0.2) is 0 Å². The normalized spacial score (nSPS) is 18.1. The Morgan fingerprint density at radius 2 is 2.04 bits per heavy atom. The van der Waals surface area contributed by atoms with Crippen molar-refractivity contribution < 1.29 is 14.3 Å². The fourth-order valence-corrected chi connectivity index (χ4v) is 3.61. The van der Waals surface area contributed by atoms with E-state index >= 15 is 0 Å². The highest BCUT2D eigenvalue weighted by Crippen LogP contribution is 2.44. The van der Waals surface area contributed by atoms with Crippen molar-refractivity contribution in [3.05, 3.63) is 67.5 Å². The van der Waals surface area contributed by atoms with Gasteiger partial charge in [-0.05, 0) is 13.0 Å². The Hall–Kier alpha value is -3.29. The third-order valence-corrected chi connectivity index (χ3v) is 4.74. The molecule has 4 rings (SSSR count). The van der Waals surface area contributed by atoms with Crippen LogP contribution >= 0.6 is 0 Å². The highest BCUT2D eigenvalue weighted by atomic mass is 16.5. The summed E-state index contributed by atoms with van der Waals surface area (Å²) in [5, 5.41) is 3.06. The second-order valence-electron chi connectivity index (χ2n) is 6.03. The van der Waals surface area contributed by atoms with Crippen molar-refractivity contribution in [1.82, 2.24) is 9.55 Å². The van der Waals surface area contributed by atoms with Crippen LogP contribution in [-0.2, 0) is 16.1 Å². The number of aromatic amines is 1. The molecule has 0 bridgehead atoms. The third kappa shape index (κ3) is 2.18. The molecule has 0 aliphatic carbocycles. The number of hydrogen-bond donors (Lipinski definition) is 2. The van der Waals surface area contributed by atoms with Gasteiger partial charge < -0.3 is 14.8 Å². The maximum atomic E-state index is 12.7. The van der Waals surface area contributed by atoms with Crippen LogP contribution in [0.4, 0.5) is 5.82 Å². The number of aromatic nitrogens is 2. The van der Waals surface area contributed by atoms with Gasteiger partial charge in [0, 0.05) is 12.1 Å². The van der Waals surface area contributed by atoms with Crippen molar-refractivity contribution in [3.8, 4) is 5.75 Å². The number of carbonyl (C=O) groups excluding carboxylic acids is 1. The summed E-state index contributed by atoms with van der Waals surface area (Å²) in [6.45, 7) is 2.24. The van der Waals surface area contributed by atoms with E-state index in [0.29, 0.717) is 40.5 Å². The number of benzene rings is 1. The molecule has 0 radical (unpaired) electrons. The number of methoxy groups -OCH3 is 1. The van der Waals surface area contributed by atoms with E-state index in [9.17, 15) is 14.4 Å². The van der Waals surface area contributed by atoms with Crippen molar-refractivity contribution in [2.45, 2.75) is 19.4 Å². The number of esters is 1. The minimum absolute atomic E-state index is 0.0734. The molecule has 134 valence electrons. The van der Waals surface area contributed by atoms with Crippen molar-refractivity contribution in [1.29, 1.82) is 0 Å². The van der Waals surface area contributed by atoms with Gasteiger partial charge in [0.2, 0.25) is 0 Å². The Balaban J connectivity index is 2.08. The first kappa shape index (κ1) is 16.2. The van der Waals surface area contributed by atoms with E-state index in [1.165, 1.54) is 11.7 Å². The second kappa shape index (κ2) is 5.91. The lowest BCUT2D eigenvalue weighted by molar-refractivity contribution is -0.136. The Bertz CT molecular complexity index is 1060. The molecule has 1 aromatic heterocycles. The van der Waals surface area contributed by atoms with Crippen LogP contribution in [0.5, 0.6) is 5.75 Å². The molecule has 8 heteroatoms. The van der Waals surface area contributed by atoms with Gasteiger partial charge in [-0.3, -0.25) is 14.3 Å².